The predicted octanol–water partition coefficient (Wildman–Crippen LogP) is 4.70. The van der Waals surface area contributed by atoms with Gasteiger partial charge in [0.15, 0.2) is 0 Å². The van der Waals surface area contributed by atoms with Crippen molar-refractivity contribution in [2.75, 3.05) is 11.5 Å². The van der Waals surface area contributed by atoms with Crippen LogP contribution in [-0.4, -0.2) is 22.2 Å². The summed E-state index contributed by atoms with van der Waals surface area (Å²) in [6.45, 7) is 5.79. The summed E-state index contributed by atoms with van der Waals surface area (Å²) in [4.78, 5) is 13.4. The van der Waals surface area contributed by atoms with E-state index in [1.165, 1.54) is 5.01 Å². The minimum absolute atomic E-state index is 0.239. The maximum absolute atomic E-state index is 13.4. The molecular formula is C25H25N5O2. The normalized spacial score (nSPS) is 10.8. The van der Waals surface area contributed by atoms with E-state index in [0.29, 0.717) is 28.6 Å². The average molecular weight is 428 g/mol. The molecule has 1 aromatic heterocycles. The Bertz CT molecular complexity index is 1330. The molecule has 0 spiro atoms. The molecule has 0 aliphatic carbocycles. The average Bonchev–Trinajstić information content (AvgIpc) is 3.01. The van der Waals surface area contributed by atoms with Crippen molar-refractivity contribution in [2.45, 2.75) is 13.5 Å². The van der Waals surface area contributed by atoms with E-state index in [2.05, 4.69) is 11.8 Å². The highest BCUT2D eigenvalue weighted by Crippen LogP contribution is 2.31. The van der Waals surface area contributed by atoms with Crippen LogP contribution in [0.2, 0.25) is 0 Å². The molecule has 4 rings (SSSR count). The monoisotopic (exact) mass is 427 g/mol. The summed E-state index contributed by atoms with van der Waals surface area (Å²) in [5.41, 5.74) is 16.1. The Morgan fingerprint density at radius 3 is 2.41 bits per heavy atom. The van der Waals surface area contributed by atoms with Crippen LogP contribution in [0, 0.1) is 6.92 Å². The molecule has 0 bridgehead atoms. The number of fused-ring (bicyclic) bond motifs is 1. The van der Waals surface area contributed by atoms with Gasteiger partial charge in [0.2, 0.25) is 0 Å². The SMILES string of the molecule is C=NN(Cc1cccc(N)c1)C(=O)c1c(C)c2ccc(Oc3cccc(N)c3)cc2n1C. The number of rotatable bonds is 6. The lowest BCUT2D eigenvalue weighted by Crippen LogP contribution is -2.27. The van der Waals surface area contributed by atoms with Gasteiger partial charge in [-0.3, -0.25) is 4.79 Å². The van der Waals surface area contributed by atoms with Crippen molar-refractivity contribution < 1.29 is 9.53 Å². The van der Waals surface area contributed by atoms with Crippen molar-refractivity contribution in [1.29, 1.82) is 0 Å². The summed E-state index contributed by atoms with van der Waals surface area (Å²) in [6, 6.07) is 20.4. The number of nitrogens with two attached hydrogens (primary N) is 2. The van der Waals surface area contributed by atoms with Crippen molar-refractivity contribution in [1.82, 2.24) is 9.58 Å². The summed E-state index contributed by atoms with van der Waals surface area (Å²) in [5.74, 6) is 1.06. The van der Waals surface area contributed by atoms with Crippen molar-refractivity contribution in [3.05, 3.63) is 83.6 Å². The number of carbonyl (C=O) groups excluding carboxylic acids is 1. The fourth-order valence-corrected chi connectivity index (χ4v) is 3.86. The summed E-state index contributed by atoms with van der Waals surface area (Å²) in [7, 11) is 1.86. The fraction of sp³-hybridized carbons (Fsp3) is 0.120. The standard InChI is InChI=1S/C25H25N5O2/c1-16-22-11-10-21(32-20-9-5-8-19(27)13-20)14-23(22)29(3)24(16)25(31)30(28-2)15-17-6-4-7-18(26)12-17/h4-14H,2,15,26-27H2,1,3H3. The van der Waals surface area contributed by atoms with E-state index >= 15 is 0 Å². The molecular weight excluding hydrogens is 402 g/mol. The maximum Gasteiger partial charge on any atom is 0.291 e. The molecule has 0 saturated heterocycles. The van der Waals surface area contributed by atoms with E-state index in [1.54, 1.807) is 18.2 Å². The van der Waals surface area contributed by atoms with Crippen LogP contribution in [0.1, 0.15) is 21.6 Å². The van der Waals surface area contributed by atoms with Crippen LogP contribution in [0.25, 0.3) is 10.9 Å². The van der Waals surface area contributed by atoms with E-state index in [9.17, 15) is 4.79 Å². The first-order chi connectivity index (χ1) is 15.4. The molecule has 0 fully saturated rings. The Morgan fingerprint density at radius 2 is 1.72 bits per heavy atom. The zero-order valence-electron chi connectivity index (χ0n) is 18.1. The number of aromatic nitrogens is 1. The zero-order chi connectivity index (χ0) is 22.8. The second-order valence-electron chi connectivity index (χ2n) is 7.64. The summed E-state index contributed by atoms with van der Waals surface area (Å²) in [6.07, 6.45) is 0. The molecule has 0 aliphatic rings. The minimum Gasteiger partial charge on any atom is -0.457 e. The smallest absolute Gasteiger partial charge is 0.291 e. The van der Waals surface area contributed by atoms with Crippen LogP contribution >= 0.6 is 0 Å². The van der Waals surface area contributed by atoms with Crippen molar-refractivity contribution >= 4 is 34.9 Å². The van der Waals surface area contributed by atoms with Gasteiger partial charge in [-0.25, -0.2) is 5.01 Å². The van der Waals surface area contributed by atoms with E-state index in [0.717, 1.165) is 22.0 Å². The number of nitrogens with zero attached hydrogens (tertiary/aromatic N) is 3. The van der Waals surface area contributed by atoms with Gasteiger partial charge in [0.05, 0.1) is 12.1 Å². The van der Waals surface area contributed by atoms with Gasteiger partial charge in [-0.05, 0) is 54.4 Å². The van der Waals surface area contributed by atoms with Crippen LogP contribution in [0.5, 0.6) is 11.5 Å². The topological polar surface area (TPSA) is 98.9 Å². The number of carbonyl (C=O) groups is 1. The van der Waals surface area contributed by atoms with E-state index in [1.807, 2.05) is 67.1 Å². The predicted molar refractivity (Wildman–Crippen MR) is 129 cm³/mol. The minimum atomic E-state index is -0.239. The van der Waals surface area contributed by atoms with Gasteiger partial charge in [0.25, 0.3) is 5.91 Å². The molecule has 32 heavy (non-hydrogen) atoms. The number of hydrogen-bond donors (Lipinski definition) is 2. The van der Waals surface area contributed by atoms with Crippen LogP contribution in [0.4, 0.5) is 11.4 Å². The number of nitrogen functional groups attached to an aromatic ring is 2. The molecule has 7 nitrogen and oxygen atoms in total. The number of hydrazone groups is 1. The van der Waals surface area contributed by atoms with Crippen LogP contribution in [0.3, 0.4) is 0 Å². The quantitative estimate of drug-likeness (QED) is 0.265. The lowest BCUT2D eigenvalue weighted by Gasteiger charge is -2.18. The Labute approximate surface area is 186 Å². The maximum atomic E-state index is 13.4. The third-order valence-corrected chi connectivity index (χ3v) is 5.41. The number of anilines is 2. The number of hydrogen-bond acceptors (Lipinski definition) is 5. The molecule has 0 unspecified atom stereocenters. The first kappa shape index (κ1) is 21.0. The number of aryl methyl sites for hydroxylation is 2. The van der Waals surface area contributed by atoms with Gasteiger partial charge >= 0.3 is 0 Å². The summed E-state index contributed by atoms with van der Waals surface area (Å²) in [5, 5.41) is 6.28. The lowest BCUT2D eigenvalue weighted by atomic mass is 10.1. The van der Waals surface area contributed by atoms with Gasteiger partial charge in [0.1, 0.15) is 17.2 Å². The Kier molecular flexibility index (Phi) is 5.55. The van der Waals surface area contributed by atoms with Crippen LogP contribution in [0.15, 0.2) is 71.8 Å². The molecule has 4 aromatic rings. The highest BCUT2D eigenvalue weighted by Gasteiger charge is 2.23. The number of ether oxygens (including phenoxy) is 1. The van der Waals surface area contributed by atoms with Gasteiger partial charge < -0.3 is 20.8 Å². The Balaban J connectivity index is 1.67. The molecule has 0 saturated carbocycles. The highest BCUT2D eigenvalue weighted by atomic mass is 16.5. The molecule has 162 valence electrons. The second kappa shape index (κ2) is 8.47. The number of benzene rings is 3. The molecule has 4 N–H and O–H groups in total. The third-order valence-electron chi connectivity index (χ3n) is 5.41. The first-order valence-electron chi connectivity index (χ1n) is 10.1. The molecule has 1 heterocycles. The first-order valence-corrected chi connectivity index (χ1v) is 10.1. The van der Waals surface area contributed by atoms with E-state index < -0.39 is 0 Å². The Morgan fingerprint density at radius 1 is 1.03 bits per heavy atom. The van der Waals surface area contributed by atoms with Crippen molar-refractivity contribution in [3.8, 4) is 11.5 Å². The fourth-order valence-electron chi connectivity index (χ4n) is 3.86. The summed E-state index contributed by atoms with van der Waals surface area (Å²) < 4.78 is 7.82. The number of amides is 1. The van der Waals surface area contributed by atoms with E-state index in [4.69, 9.17) is 16.2 Å². The molecule has 1 amide bonds. The summed E-state index contributed by atoms with van der Waals surface area (Å²) >= 11 is 0. The zero-order valence-corrected chi connectivity index (χ0v) is 18.1. The Hall–Kier alpha value is -4.26. The highest BCUT2D eigenvalue weighted by molar-refractivity contribution is 6.01. The molecule has 0 aliphatic heterocycles. The van der Waals surface area contributed by atoms with Gasteiger partial charge in [0, 0.05) is 42.7 Å². The van der Waals surface area contributed by atoms with Gasteiger partial charge in [-0.1, -0.05) is 18.2 Å². The van der Waals surface area contributed by atoms with Crippen LogP contribution in [-0.2, 0) is 13.6 Å². The van der Waals surface area contributed by atoms with Gasteiger partial charge in [-0.15, -0.1) is 0 Å². The van der Waals surface area contributed by atoms with Gasteiger partial charge in [-0.2, -0.15) is 5.10 Å². The second-order valence-corrected chi connectivity index (χ2v) is 7.64. The lowest BCUT2D eigenvalue weighted by molar-refractivity contribution is 0.0740. The largest absolute Gasteiger partial charge is 0.457 e. The van der Waals surface area contributed by atoms with E-state index in [-0.39, 0.29) is 12.5 Å². The molecule has 0 atom stereocenters. The van der Waals surface area contributed by atoms with Crippen molar-refractivity contribution in [2.24, 2.45) is 12.1 Å². The molecule has 3 aromatic carbocycles. The van der Waals surface area contributed by atoms with Crippen molar-refractivity contribution in [3.63, 3.8) is 0 Å². The molecule has 0 radical (unpaired) electrons. The van der Waals surface area contributed by atoms with Crippen LogP contribution < -0.4 is 16.2 Å². The molecule has 7 heteroatoms. The third kappa shape index (κ3) is 4.00.